The number of hydrogen-bond donors (Lipinski definition) is 3. The van der Waals surface area contributed by atoms with Crippen LogP contribution in [0.2, 0.25) is 0 Å². The normalized spacial score (nSPS) is 30.1. The van der Waals surface area contributed by atoms with E-state index in [1.807, 2.05) is 26.0 Å². The number of nitrogens with one attached hydrogen (secondary N) is 3. The third kappa shape index (κ3) is 8.85. The third-order valence-electron chi connectivity index (χ3n) is 10.3. The summed E-state index contributed by atoms with van der Waals surface area (Å²) in [5.41, 5.74) is -1.20. The SMILES string of the molecule is COc1ccc2nc(O[C@@H]3C[C@H]4C(=O)N[C@]5(C(=O)NS(=O)(=O)C6CC6)C[C@H]5/C=C\[C@H](C)CCC[C@@H](C)[C@H](NC(=O)OC(C)(C)C)C(=O)N4C3)cnc2c1. The minimum absolute atomic E-state index is 0.0308. The molecule has 6 rings (SSSR count). The van der Waals surface area contributed by atoms with E-state index >= 15 is 0 Å². The monoisotopic (exact) mass is 754 g/mol. The molecule has 1 aromatic heterocycles. The molecule has 0 spiro atoms. The first-order valence-electron chi connectivity index (χ1n) is 18.3. The Morgan fingerprint density at radius 3 is 2.51 bits per heavy atom. The smallest absolute Gasteiger partial charge is 0.408 e. The number of benzene rings is 1. The molecule has 0 unspecified atom stereocenters. The molecule has 4 aliphatic rings. The lowest BCUT2D eigenvalue weighted by atomic mass is 9.92. The summed E-state index contributed by atoms with van der Waals surface area (Å²) in [6.45, 7) is 9.07. The number of carbonyl (C=O) groups excluding carboxylic acids is 4. The number of alkyl carbamates (subject to hydrolysis) is 1. The van der Waals surface area contributed by atoms with Crippen LogP contribution in [0.15, 0.2) is 36.5 Å². The summed E-state index contributed by atoms with van der Waals surface area (Å²) in [7, 11) is -2.34. The fourth-order valence-electron chi connectivity index (χ4n) is 7.08. The quantitative estimate of drug-likeness (QED) is 0.351. The van der Waals surface area contributed by atoms with Gasteiger partial charge in [-0.25, -0.2) is 23.2 Å². The highest BCUT2D eigenvalue weighted by atomic mass is 32.2. The Morgan fingerprint density at radius 2 is 1.81 bits per heavy atom. The van der Waals surface area contributed by atoms with Gasteiger partial charge in [-0.15, -0.1) is 0 Å². The van der Waals surface area contributed by atoms with E-state index in [2.05, 4.69) is 25.3 Å². The first-order chi connectivity index (χ1) is 25.0. The van der Waals surface area contributed by atoms with E-state index in [4.69, 9.17) is 14.2 Å². The highest BCUT2D eigenvalue weighted by molar-refractivity contribution is 7.91. The topological polar surface area (TPSA) is 195 Å². The summed E-state index contributed by atoms with van der Waals surface area (Å²) < 4.78 is 45.0. The van der Waals surface area contributed by atoms with Gasteiger partial charge < -0.3 is 29.7 Å². The molecule has 2 aromatic rings. The van der Waals surface area contributed by atoms with E-state index in [-0.39, 0.29) is 37.1 Å². The van der Waals surface area contributed by atoms with Crippen molar-refractivity contribution in [2.24, 2.45) is 17.8 Å². The zero-order valence-electron chi connectivity index (χ0n) is 31.1. The minimum Gasteiger partial charge on any atom is -0.497 e. The largest absolute Gasteiger partial charge is 0.497 e. The van der Waals surface area contributed by atoms with Crippen molar-refractivity contribution in [3.63, 3.8) is 0 Å². The second-order valence-corrected chi connectivity index (χ2v) is 17.8. The Kier molecular flexibility index (Phi) is 10.6. The van der Waals surface area contributed by atoms with Crippen LogP contribution in [0.4, 0.5) is 4.79 Å². The number of ether oxygens (including phenoxy) is 3. The van der Waals surface area contributed by atoms with Gasteiger partial charge in [-0.1, -0.05) is 32.4 Å². The van der Waals surface area contributed by atoms with Crippen molar-refractivity contribution < 1.29 is 41.8 Å². The predicted octanol–water partition coefficient (Wildman–Crippen LogP) is 3.38. The molecule has 2 aliphatic heterocycles. The molecule has 7 atom stereocenters. The van der Waals surface area contributed by atoms with Crippen molar-refractivity contribution in [2.45, 2.75) is 114 Å². The number of methoxy groups -OCH3 is 1. The van der Waals surface area contributed by atoms with Crippen LogP contribution in [-0.2, 0) is 29.1 Å². The van der Waals surface area contributed by atoms with Crippen LogP contribution >= 0.6 is 0 Å². The number of sulfonamides is 1. The van der Waals surface area contributed by atoms with Gasteiger partial charge in [-0.05, 0) is 76.8 Å². The average molecular weight is 755 g/mol. The molecule has 3 N–H and O–H groups in total. The van der Waals surface area contributed by atoms with Crippen LogP contribution in [0.25, 0.3) is 11.0 Å². The standard InChI is InChI=1S/C37H50N6O9S/c1-21-8-7-9-22(2)31(40-35(47)52-36(3,4)5)33(45)43-20-25(51-30-19-38-28-16-24(50-6)12-15-27(28)39-30)17-29(43)32(44)41-37(18-23(37)11-10-21)34(46)42-53(48,49)26-13-14-26/h10-12,15-16,19,21-23,25-26,29,31H,7-9,13-14,17-18,20H2,1-6H3,(H,40,47)(H,41,44)(H,42,46)/b11-10-/t21-,22-,23-,25-,29+,31+,37-/m1/s1. The van der Waals surface area contributed by atoms with Gasteiger partial charge in [-0.2, -0.15) is 0 Å². The van der Waals surface area contributed by atoms with Crippen molar-refractivity contribution >= 4 is 44.9 Å². The first kappa shape index (κ1) is 38.3. The summed E-state index contributed by atoms with van der Waals surface area (Å²) in [6.07, 6.45) is 7.11. The highest BCUT2D eigenvalue weighted by Crippen LogP contribution is 2.46. The Balaban J connectivity index is 1.32. The van der Waals surface area contributed by atoms with E-state index in [1.54, 1.807) is 46.1 Å². The first-order valence-corrected chi connectivity index (χ1v) is 19.9. The fourth-order valence-corrected chi connectivity index (χ4v) is 8.44. The van der Waals surface area contributed by atoms with Crippen molar-refractivity contribution in [3.05, 3.63) is 36.5 Å². The Morgan fingerprint density at radius 1 is 1.06 bits per heavy atom. The molecule has 3 fully saturated rings. The number of aromatic nitrogens is 2. The summed E-state index contributed by atoms with van der Waals surface area (Å²) in [5.74, 6) is -1.81. The molecule has 16 heteroatoms. The van der Waals surface area contributed by atoms with Gasteiger partial charge >= 0.3 is 6.09 Å². The van der Waals surface area contributed by atoms with Gasteiger partial charge in [0.15, 0.2) is 0 Å². The van der Waals surface area contributed by atoms with E-state index in [1.165, 1.54) is 11.1 Å². The number of allylic oxidation sites excluding steroid dienone is 1. The number of hydrogen-bond acceptors (Lipinski definition) is 11. The number of rotatable bonds is 7. The summed E-state index contributed by atoms with van der Waals surface area (Å²) in [4.78, 5) is 66.2. The Hall–Kier alpha value is -4.47. The predicted molar refractivity (Wildman–Crippen MR) is 194 cm³/mol. The molecule has 3 heterocycles. The molecule has 1 saturated heterocycles. The van der Waals surface area contributed by atoms with Crippen LogP contribution in [0.5, 0.6) is 11.6 Å². The zero-order valence-corrected chi connectivity index (χ0v) is 31.9. The van der Waals surface area contributed by atoms with E-state index in [9.17, 15) is 27.6 Å². The average Bonchev–Trinajstić information content (AvgIpc) is 4.01. The molecule has 4 amide bonds. The molecule has 288 valence electrons. The van der Waals surface area contributed by atoms with Gasteiger partial charge in [0.2, 0.25) is 27.7 Å². The number of carbonyl (C=O) groups is 4. The fraction of sp³-hybridized carbons (Fsp3) is 0.622. The van der Waals surface area contributed by atoms with Gasteiger partial charge in [0.25, 0.3) is 5.91 Å². The molecule has 53 heavy (non-hydrogen) atoms. The molecule has 0 bridgehead atoms. The van der Waals surface area contributed by atoms with Crippen molar-refractivity contribution in [3.8, 4) is 11.6 Å². The summed E-state index contributed by atoms with van der Waals surface area (Å²) >= 11 is 0. The number of amides is 4. The minimum atomic E-state index is -3.90. The Labute approximate surface area is 310 Å². The van der Waals surface area contributed by atoms with Crippen LogP contribution in [-0.4, -0.2) is 95.3 Å². The van der Waals surface area contributed by atoms with Gasteiger partial charge in [0, 0.05) is 18.4 Å². The van der Waals surface area contributed by atoms with Gasteiger partial charge in [0.1, 0.15) is 35.1 Å². The summed E-state index contributed by atoms with van der Waals surface area (Å²) in [5, 5.41) is 5.02. The van der Waals surface area contributed by atoms with E-state index in [0.717, 1.165) is 12.8 Å². The third-order valence-corrected chi connectivity index (χ3v) is 12.1. The molecule has 15 nitrogen and oxygen atoms in total. The second-order valence-electron chi connectivity index (χ2n) is 15.9. The van der Waals surface area contributed by atoms with Gasteiger partial charge in [0.05, 0.1) is 36.1 Å². The molecule has 1 aromatic carbocycles. The van der Waals surface area contributed by atoms with Crippen LogP contribution in [0.3, 0.4) is 0 Å². The van der Waals surface area contributed by atoms with Crippen molar-refractivity contribution in [1.82, 2.24) is 30.2 Å². The van der Waals surface area contributed by atoms with Crippen LogP contribution < -0.4 is 24.8 Å². The van der Waals surface area contributed by atoms with E-state index in [0.29, 0.717) is 36.0 Å². The maximum atomic E-state index is 14.6. The van der Waals surface area contributed by atoms with Gasteiger partial charge in [-0.3, -0.25) is 19.1 Å². The number of nitrogens with zero attached hydrogens (tertiary/aromatic N) is 3. The second kappa shape index (κ2) is 14.7. The zero-order chi connectivity index (χ0) is 38.3. The van der Waals surface area contributed by atoms with Crippen LogP contribution in [0.1, 0.15) is 79.6 Å². The molecule has 2 aliphatic carbocycles. The lowest BCUT2D eigenvalue weighted by molar-refractivity contribution is -0.142. The Bertz CT molecular complexity index is 1890. The van der Waals surface area contributed by atoms with Crippen LogP contribution in [0, 0.1) is 17.8 Å². The maximum Gasteiger partial charge on any atom is 0.408 e. The highest BCUT2D eigenvalue weighted by Gasteiger charge is 2.62. The lowest BCUT2D eigenvalue weighted by Gasteiger charge is -2.32. The summed E-state index contributed by atoms with van der Waals surface area (Å²) in [6, 6.07) is 3.06. The maximum absolute atomic E-state index is 14.6. The molecular weight excluding hydrogens is 705 g/mol. The van der Waals surface area contributed by atoms with E-state index < -0.39 is 74.3 Å². The molecule has 2 saturated carbocycles. The van der Waals surface area contributed by atoms with Crippen molar-refractivity contribution in [1.29, 1.82) is 0 Å². The molecular formula is C37H50N6O9S. The number of fused-ring (bicyclic) bond motifs is 3. The lowest BCUT2D eigenvalue weighted by Crippen LogP contribution is -2.59. The van der Waals surface area contributed by atoms with Crippen molar-refractivity contribution in [2.75, 3.05) is 13.7 Å². The molecule has 0 radical (unpaired) electrons.